The average molecular weight is 294 g/mol. The van der Waals surface area contributed by atoms with Gasteiger partial charge in [-0.25, -0.2) is 4.79 Å². The molecule has 2 N–H and O–H groups in total. The molecule has 2 rings (SSSR count). The third-order valence-electron chi connectivity index (χ3n) is 3.69. The number of aromatic nitrogens is 2. The summed E-state index contributed by atoms with van der Waals surface area (Å²) in [5.74, 6) is 0.633. The van der Waals surface area contributed by atoms with Gasteiger partial charge in [0, 0.05) is 25.8 Å². The van der Waals surface area contributed by atoms with Gasteiger partial charge in [-0.3, -0.25) is 4.68 Å². The van der Waals surface area contributed by atoms with Crippen LogP contribution in [-0.2, 0) is 11.3 Å². The first-order valence-electron chi connectivity index (χ1n) is 7.59. The Morgan fingerprint density at radius 2 is 2.10 bits per heavy atom. The number of amides is 1. The standard InChI is InChI=1S/C15H26N4O2/c1-15(2,3)21-14(20)18-7-4-12(5-8-18)6-9-19-11-13(16)10-17-19/h10-12H,4-9,16H2,1-3H3. The minimum absolute atomic E-state index is 0.194. The normalized spacial score (nSPS) is 17.0. The molecule has 118 valence electrons. The molecule has 0 spiro atoms. The van der Waals surface area contributed by atoms with Crippen LogP contribution in [0.1, 0.15) is 40.0 Å². The zero-order valence-corrected chi connectivity index (χ0v) is 13.2. The molecule has 6 nitrogen and oxygen atoms in total. The number of nitrogens with two attached hydrogens (primary N) is 1. The van der Waals surface area contributed by atoms with E-state index in [9.17, 15) is 4.79 Å². The van der Waals surface area contributed by atoms with Crippen molar-refractivity contribution in [3.8, 4) is 0 Å². The Balaban J connectivity index is 1.72. The second-order valence-electron chi connectivity index (χ2n) is 6.74. The molecular weight excluding hydrogens is 268 g/mol. The van der Waals surface area contributed by atoms with Crippen molar-refractivity contribution < 1.29 is 9.53 Å². The summed E-state index contributed by atoms with van der Waals surface area (Å²) in [6.45, 7) is 8.13. The number of hydrogen-bond acceptors (Lipinski definition) is 4. The highest BCUT2D eigenvalue weighted by molar-refractivity contribution is 5.68. The van der Waals surface area contributed by atoms with Crippen molar-refractivity contribution in [3.63, 3.8) is 0 Å². The smallest absolute Gasteiger partial charge is 0.410 e. The number of hydrogen-bond donors (Lipinski definition) is 1. The van der Waals surface area contributed by atoms with Crippen LogP contribution in [-0.4, -0.2) is 39.5 Å². The van der Waals surface area contributed by atoms with E-state index in [-0.39, 0.29) is 6.09 Å². The van der Waals surface area contributed by atoms with Gasteiger partial charge in [-0.1, -0.05) is 0 Å². The monoisotopic (exact) mass is 294 g/mol. The van der Waals surface area contributed by atoms with E-state index in [4.69, 9.17) is 10.5 Å². The maximum absolute atomic E-state index is 12.0. The van der Waals surface area contributed by atoms with Gasteiger partial charge < -0.3 is 15.4 Å². The van der Waals surface area contributed by atoms with Crippen molar-refractivity contribution in [2.24, 2.45) is 5.92 Å². The van der Waals surface area contributed by atoms with E-state index < -0.39 is 5.60 Å². The van der Waals surface area contributed by atoms with Crippen molar-refractivity contribution in [2.75, 3.05) is 18.8 Å². The third-order valence-corrected chi connectivity index (χ3v) is 3.69. The second-order valence-corrected chi connectivity index (χ2v) is 6.74. The quantitative estimate of drug-likeness (QED) is 0.929. The van der Waals surface area contributed by atoms with Crippen LogP contribution in [0.5, 0.6) is 0 Å². The number of aryl methyl sites for hydroxylation is 1. The number of carbonyl (C=O) groups is 1. The topological polar surface area (TPSA) is 73.4 Å². The molecule has 21 heavy (non-hydrogen) atoms. The lowest BCUT2D eigenvalue weighted by molar-refractivity contribution is 0.0179. The molecule has 0 saturated carbocycles. The molecule has 0 unspecified atom stereocenters. The van der Waals surface area contributed by atoms with Gasteiger partial charge in [0.1, 0.15) is 5.60 Å². The molecule has 1 aromatic heterocycles. The molecule has 0 radical (unpaired) electrons. The molecular formula is C15H26N4O2. The molecule has 1 fully saturated rings. The Bertz CT molecular complexity index is 470. The van der Waals surface area contributed by atoms with E-state index in [1.807, 2.05) is 36.5 Å². The number of rotatable bonds is 3. The fourth-order valence-corrected chi connectivity index (χ4v) is 2.55. The summed E-state index contributed by atoms with van der Waals surface area (Å²) in [5, 5.41) is 4.19. The fourth-order valence-electron chi connectivity index (χ4n) is 2.55. The van der Waals surface area contributed by atoms with Crippen molar-refractivity contribution in [2.45, 2.75) is 52.2 Å². The average Bonchev–Trinajstić information content (AvgIpc) is 2.81. The van der Waals surface area contributed by atoms with Crippen LogP contribution in [0.15, 0.2) is 12.4 Å². The van der Waals surface area contributed by atoms with E-state index in [1.165, 1.54) is 0 Å². The second kappa shape index (κ2) is 6.37. The number of nitrogen functional groups attached to an aromatic ring is 1. The first-order chi connectivity index (χ1) is 9.83. The van der Waals surface area contributed by atoms with Gasteiger partial charge >= 0.3 is 6.09 Å². The first-order valence-corrected chi connectivity index (χ1v) is 7.59. The number of anilines is 1. The zero-order chi connectivity index (χ0) is 15.5. The maximum Gasteiger partial charge on any atom is 0.410 e. The van der Waals surface area contributed by atoms with Crippen LogP contribution in [0.3, 0.4) is 0 Å². The molecule has 1 aliphatic heterocycles. The van der Waals surface area contributed by atoms with Gasteiger partial charge in [0.2, 0.25) is 0 Å². The van der Waals surface area contributed by atoms with E-state index in [0.29, 0.717) is 11.6 Å². The summed E-state index contributed by atoms with van der Waals surface area (Å²) in [6, 6.07) is 0. The highest BCUT2D eigenvalue weighted by Crippen LogP contribution is 2.22. The summed E-state index contributed by atoms with van der Waals surface area (Å²) >= 11 is 0. The number of likely N-dealkylation sites (tertiary alicyclic amines) is 1. The van der Waals surface area contributed by atoms with Gasteiger partial charge in [0.25, 0.3) is 0 Å². The van der Waals surface area contributed by atoms with Gasteiger partial charge in [-0.2, -0.15) is 5.10 Å². The molecule has 2 heterocycles. The molecule has 0 aromatic carbocycles. The van der Waals surface area contributed by atoms with Crippen LogP contribution < -0.4 is 5.73 Å². The first kappa shape index (κ1) is 15.7. The van der Waals surface area contributed by atoms with E-state index in [0.717, 1.165) is 38.9 Å². The van der Waals surface area contributed by atoms with Gasteiger partial charge in [-0.15, -0.1) is 0 Å². The number of piperidine rings is 1. The lowest BCUT2D eigenvalue weighted by Gasteiger charge is -2.33. The van der Waals surface area contributed by atoms with E-state index in [1.54, 1.807) is 6.20 Å². The Morgan fingerprint density at radius 1 is 1.43 bits per heavy atom. The van der Waals surface area contributed by atoms with Crippen LogP contribution in [0.4, 0.5) is 10.5 Å². The van der Waals surface area contributed by atoms with Gasteiger partial charge in [0.05, 0.1) is 11.9 Å². The maximum atomic E-state index is 12.0. The molecule has 1 saturated heterocycles. The van der Waals surface area contributed by atoms with Crippen LogP contribution in [0, 0.1) is 5.92 Å². The van der Waals surface area contributed by atoms with Gasteiger partial charge in [-0.05, 0) is 46.0 Å². The summed E-state index contributed by atoms with van der Waals surface area (Å²) in [6.07, 6.45) is 6.46. The molecule has 6 heteroatoms. The Hall–Kier alpha value is -1.72. The van der Waals surface area contributed by atoms with Crippen molar-refractivity contribution >= 4 is 11.8 Å². The molecule has 1 amide bonds. The van der Waals surface area contributed by atoms with E-state index in [2.05, 4.69) is 5.10 Å². The van der Waals surface area contributed by atoms with Crippen LogP contribution >= 0.6 is 0 Å². The minimum atomic E-state index is -0.423. The Kier molecular flexibility index (Phi) is 4.75. The summed E-state index contributed by atoms with van der Waals surface area (Å²) in [5.41, 5.74) is 5.93. The third kappa shape index (κ3) is 4.95. The number of carbonyl (C=O) groups excluding carboxylic acids is 1. The van der Waals surface area contributed by atoms with E-state index >= 15 is 0 Å². The molecule has 1 aliphatic rings. The van der Waals surface area contributed by atoms with Crippen molar-refractivity contribution in [1.29, 1.82) is 0 Å². The Morgan fingerprint density at radius 3 is 2.62 bits per heavy atom. The number of ether oxygens (including phenoxy) is 1. The lowest BCUT2D eigenvalue weighted by atomic mass is 9.94. The minimum Gasteiger partial charge on any atom is -0.444 e. The highest BCUT2D eigenvalue weighted by atomic mass is 16.6. The van der Waals surface area contributed by atoms with Crippen LogP contribution in [0.25, 0.3) is 0 Å². The predicted octanol–water partition coefficient (Wildman–Crippen LogP) is 2.50. The fraction of sp³-hybridized carbons (Fsp3) is 0.733. The van der Waals surface area contributed by atoms with Crippen molar-refractivity contribution in [3.05, 3.63) is 12.4 Å². The van der Waals surface area contributed by atoms with Crippen molar-refractivity contribution in [1.82, 2.24) is 14.7 Å². The SMILES string of the molecule is CC(C)(C)OC(=O)N1CCC(CCn2cc(N)cn2)CC1. The molecule has 0 bridgehead atoms. The lowest BCUT2D eigenvalue weighted by Crippen LogP contribution is -2.41. The zero-order valence-electron chi connectivity index (χ0n) is 13.2. The molecule has 1 aromatic rings. The number of nitrogens with zero attached hydrogens (tertiary/aromatic N) is 3. The predicted molar refractivity (Wildman–Crippen MR) is 81.8 cm³/mol. The highest BCUT2D eigenvalue weighted by Gasteiger charge is 2.26. The summed E-state index contributed by atoms with van der Waals surface area (Å²) < 4.78 is 7.29. The Labute approximate surface area is 126 Å². The summed E-state index contributed by atoms with van der Waals surface area (Å²) in [7, 11) is 0. The largest absolute Gasteiger partial charge is 0.444 e. The van der Waals surface area contributed by atoms with Crippen LogP contribution in [0.2, 0.25) is 0 Å². The molecule has 0 atom stereocenters. The van der Waals surface area contributed by atoms with Gasteiger partial charge in [0.15, 0.2) is 0 Å². The molecule has 0 aliphatic carbocycles. The summed E-state index contributed by atoms with van der Waals surface area (Å²) in [4.78, 5) is 13.8.